The molecule has 8 aromatic carbocycles. The Morgan fingerprint density at radius 2 is 1.07 bits per heavy atom. The van der Waals surface area contributed by atoms with E-state index in [2.05, 4.69) is 278 Å². The molecule has 17 rings (SSSR count). The number of nitrogens with zero attached hydrogens (tertiary/aromatic N) is 18. The molecular weight excluding hydrogens is 1650 g/mol. The van der Waals surface area contributed by atoms with Crippen LogP contribution >= 0.6 is 11.8 Å². The molecule has 0 atom stereocenters. The second kappa shape index (κ2) is 50.2. The molecule has 0 saturated heterocycles. The summed E-state index contributed by atoms with van der Waals surface area (Å²) in [6.07, 6.45) is 16.9. The summed E-state index contributed by atoms with van der Waals surface area (Å²) in [5.74, 6) is 6.26. The summed E-state index contributed by atoms with van der Waals surface area (Å²) in [6, 6.07) is 74.8. The third-order valence-electron chi connectivity index (χ3n) is 17.9. The summed E-state index contributed by atoms with van der Waals surface area (Å²) in [5.41, 5.74) is 19.1. The van der Waals surface area contributed by atoms with Gasteiger partial charge in [-0.05, 0) is 170 Å². The first-order valence-corrected chi connectivity index (χ1v) is 40.7. The fourth-order valence-corrected chi connectivity index (χ4v) is 13.3. The maximum absolute atomic E-state index is 11.2. The van der Waals surface area contributed by atoms with Gasteiger partial charge in [-0.3, -0.25) is 9.71 Å². The smallest absolute Gasteiger partial charge is 0.875 e. The Labute approximate surface area is 781 Å². The van der Waals surface area contributed by atoms with Crippen LogP contribution in [0.5, 0.6) is 0 Å². The summed E-state index contributed by atoms with van der Waals surface area (Å²) < 4.78 is 31.8. The average molecular weight is 1740 g/mol. The number of hydrogen-bond donors (Lipinski definition) is 1. The molecule has 0 fully saturated rings. The quantitative estimate of drug-likeness (QED) is 0.0516. The van der Waals surface area contributed by atoms with Crippen molar-refractivity contribution in [3.8, 4) is 74.1 Å². The number of fused-ring (bicyclic) bond motifs is 1. The standard InChI is InChI=1S/C23H20N3.C16H15N2S.C15H20N3.C13H12N5.C13H10N3O.C11H11N3O3S.6Al/c1-18-9-8-10-19(15-18)22-16-24-23(25-22)17-26(20-11-4-2-5-12-20)21-13-6-3-7-14-21;1-2-19-11-16-17-10-15(18-16)14-9-5-7-12-6-3-4-8-13(12)14;1-4-18(5-2)11-15-16-10-14(17-15)13-8-6-7-12(3)9-13;1-9-7-10(2)18(17-9)13-15-8-12(16-13)11-5-3-4-6-14-11;1-9-2-4-10(5-3-9)11-8-15-12(16-11)13-14-6-7-17-13;1-18(16,17)14-9-5-3-2-4-8(9)10-6-12-11(7-15)13-10;;;;;;/h2-16H,17H2,1H3;3-10H,2,11H2,1H3;6-10H,4-5,11H2,1-3H3;3-8H,1-2H3;2-8H,1H3;2-7,14-15H,1H3;;;;;;/q5*-1;;6*+3/p-1. The molecule has 16 aromatic rings. The molecule has 1 aliphatic rings. The molecule has 122 heavy (non-hydrogen) atoms. The van der Waals surface area contributed by atoms with E-state index in [0.717, 1.165) is 128 Å². The molecular formula is C91H87Al6N19O4S2+12. The number of aryl methyl sites for hydroxylation is 5. The zero-order valence-corrected chi connectivity index (χ0v) is 77.9. The number of nitrogens with one attached hydrogen (secondary N) is 1. The first-order valence-electron chi connectivity index (χ1n) is 37.7. The zero-order valence-electron chi connectivity index (χ0n) is 69.3. The molecule has 0 saturated carbocycles. The molecule has 8 aromatic heterocycles. The number of aliphatic imine (C=N–C) groups is 2. The van der Waals surface area contributed by atoms with Crippen molar-refractivity contribution in [2.75, 3.05) is 34.7 Å². The van der Waals surface area contributed by atoms with Crippen LogP contribution in [-0.4, -0.2) is 199 Å². The number of anilines is 3. The van der Waals surface area contributed by atoms with Crippen molar-refractivity contribution in [2.45, 2.75) is 74.2 Å². The molecule has 0 radical (unpaired) electrons. The van der Waals surface area contributed by atoms with Gasteiger partial charge in [0, 0.05) is 65.1 Å². The maximum Gasteiger partial charge on any atom is 3.00 e. The third-order valence-corrected chi connectivity index (χ3v) is 19.4. The number of pyridine rings is 1. The van der Waals surface area contributed by atoms with E-state index < -0.39 is 10.0 Å². The number of rotatable bonds is 21. The van der Waals surface area contributed by atoms with Gasteiger partial charge in [-0.2, -0.15) is 11.8 Å². The first kappa shape index (κ1) is 100. The molecule has 1 N–H and O–H groups in total. The van der Waals surface area contributed by atoms with Crippen LogP contribution in [-0.2, 0) is 28.9 Å². The maximum atomic E-state index is 11.2. The number of oxazole rings is 1. The van der Waals surface area contributed by atoms with E-state index in [1.807, 2.05) is 92.7 Å². The third kappa shape index (κ3) is 28.9. The van der Waals surface area contributed by atoms with Crippen molar-refractivity contribution in [3.63, 3.8) is 0 Å². The fraction of sp³-hybridized carbons (Fsp3) is 0.165. The first-order chi connectivity index (χ1) is 56.5. The molecule has 0 unspecified atom stereocenters. The van der Waals surface area contributed by atoms with Gasteiger partial charge in [0.1, 0.15) is 12.1 Å². The minimum atomic E-state index is -3.37. The van der Waals surface area contributed by atoms with Crippen LogP contribution in [0.2, 0.25) is 0 Å². The SMILES string of the molecule is CCN(CC)Cc1nc(-c2cccc(C)c2)c[n-]1.CCSCc1nc(-c2cccc3ccccc23)c[n-]1.CS(=O)(=O)Nc1ccccc1C1=NC(=C[O-])N=C1.Cc1cc(C)n(-c2nc(-c3ccccn3)c[n-]2)n1.Cc1ccc(-c2c[n-]c(-c3ncco3)n2)cc1.Cc1cccc(-c2c[n-]c(CN(c3ccccc3)c3ccccc3)n2)c1.[Al+3].[Al+3].[Al+3].[Al+3].[Al+3].[Al+3]. The molecule has 0 spiro atoms. The second-order valence-electron chi connectivity index (χ2n) is 26.7. The topological polar surface area (TPSA) is 292 Å². The number of hydrogen-bond acceptors (Lipinski definition) is 17. The van der Waals surface area contributed by atoms with Gasteiger partial charge < -0.3 is 73.8 Å². The van der Waals surface area contributed by atoms with E-state index in [1.165, 1.54) is 45.5 Å². The molecule has 9 heterocycles. The van der Waals surface area contributed by atoms with Crippen molar-refractivity contribution in [1.82, 2.24) is 74.5 Å². The Hall–Kier alpha value is -10.4. The van der Waals surface area contributed by atoms with Gasteiger partial charge in [-0.1, -0.05) is 256 Å². The van der Waals surface area contributed by atoms with Crippen LogP contribution in [0.4, 0.5) is 17.1 Å². The Morgan fingerprint density at radius 1 is 0.508 bits per heavy atom. The summed E-state index contributed by atoms with van der Waals surface area (Å²) in [6.45, 7) is 20.2. The molecule has 588 valence electrons. The normalized spacial score (nSPS) is 11.2. The number of sulfonamides is 1. The number of imidazole rings is 5. The fourth-order valence-electron chi connectivity index (χ4n) is 12.2. The number of para-hydroxylation sites is 3. The zero-order chi connectivity index (χ0) is 81.2. The molecule has 0 bridgehead atoms. The monoisotopic (exact) mass is 1740 g/mol. The van der Waals surface area contributed by atoms with Crippen molar-refractivity contribution >= 4 is 166 Å². The van der Waals surface area contributed by atoms with E-state index in [1.54, 1.807) is 53.7 Å². The van der Waals surface area contributed by atoms with Crippen LogP contribution in [0.15, 0.2) is 301 Å². The Bertz CT molecular complexity index is 5970. The summed E-state index contributed by atoms with van der Waals surface area (Å²) in [5, 5.41) is 17.4. The van der Waals surface area contributed by atoms with E-state index >= 15 is 0 Å². The van der Waals surface area contributed by atoms with Gasteiger partial charge in [-0.25, -0.2) is 28.5 Å². The number of aromatic nitrogens is 14. The summed E-state index contributed by atoms with van der Waals surface area (Å²) in [4.78, 5) is 65.3. The molecule has 0 amide bonds. The molecule has 31 heteroatoms. The number of thioether (sulfide) groups is 1. The van der Waals surface area contributed by atoms with Gasteiger partial charge in [-0.15, -0.1) is 6.26 Å². The van der Waals surface area contributed by atoms with Gasteiger partial charge in [0.2, 0.25) is 15.9 Å². The molecule has 0 aliphatic carbocycles. The van der Waals surface area contributed by atoms with E-state index in [4.69, 9.17) is 9.40 Å². The predicted octanol–water partition coefficient (Wildman–Crippen LogP) is 14.7. The van der Waals surface area contributed by atoms with Crippen LogP contribution in [0.3, 0.4) is 0 Å². The molecule has 1 aliphatic heterocycles. The Balaban J connectivity index is 0.000000226. The second-order valence-corrected chi connectivity index (χ2v) is 29.7. The van der Waals surface area contributed by atoms with Gasteiger partial charge >= 0.3 is 104 Å². The average Bonchev–Trinajstić information content (AvgIpc) is 1.18. The minimum Gasteiger partial charge on any atom is -0.875 e. The van der Waals surface area contributed by atoms with E-state index in [0.29, 0.717) is 47.4 Å². The van der Waals surface area contributed by atoms with Crippen molar-refractivity contribution < 1.29 is 17.9 Å². The van der Waals surface area contributed by atoms with Crippen LogP contribution in [0.25, 0.3) is 84.9 Å². The van der Waals surface area contributed by atoms with Crippen LogP contribution in [0, 0.1) is 34.6 Å². The summed E-state index contributed by atoms with van der Waals surface area (Å²) >= 11 is 1.85. The predicted molar refractivity (Wildman–Crippen MR) is 496 cm³/mol. The summed E-state index contributed by atoms with van der Waals surface area (Å²) in [7, 11) is -3.37. The van der Waals surface area contributed by atoms with Crippen molar-refractivity contribution in [1.29, 1.82) is 0 Å². The van der Waals surface area contributed by atoms with Gasteiger partial charge in [0.25, 0.3) is 0 Å². The van der Waals surface area contributed by atoms with Crippen LogP contribution < -0.4 is 39.6 Å². The van der Waals surface area contributed by atoms with Crippen LogP contribution in [0.1, 0.15) is 71.9 Å². The van der Waals surface area contributed by atoms with Gasteiger partial charge in [0.15, 0.2) is 0 Å². The van der Waals surface area contributed by atoms with Crippen molar-refractivity contribution in [3.05, 3.63) is 337 Å². The van der Waals surface area contributed by atoms with Crippen molar-refractivity contribution in [2.24, 2.45) is 9.98 Å². The largest absolute Gasteiger partial charge is 3.00 e. The van der Waals surface area contributed by atoms with Gasteiger partial charge in [0.05, 0.1) is 35.8 Å². The number of benzene rings is 8. The van der Waals surface area contributed by atoms with E-state index in [-0.39, 0.29) is 110 Å². The Kier molecular flexibility index (Phi) is 41.3. The molecule has 23 nitrogen and oxygen atoms in total. The Morgan fingerprint density at radius 3 is 1.65 bits per heavy atom. The van der Waals surface area contributed by atoms with E-state index in [9.17, 15) is 13.5 Å². The minimum absolute atomic E-state index is 0.